The summed E-state index contributed by atoms with van der Waals surface area (Å²) >= 11 is 0. The van der Waals surface area contributed by atoms with Gasteiger partial charge in [-0.25, -0.2) is 0 Å². The fraction of sp³-hybridized carbons (Fsp3) is 0.333. The number of benzene rings is 1. The highest BCUT2D eigenvalue weighted by Gasteiger charge is 2.15. The third-order valence-electron chi connectivity index (χ3n) is 2.07. The molecule has 0 spiro atoms. The monoisotopic (exact) mass is 240 g/mol. The Balaban J connectivity index is 2.70. The Hall–Kier alpha value is -1.29. The summed E-state index contributed by atoms with van der Waals surface area (Å²) in [4.78, 5) is 0.160. The second-order valence-corrected chi connectivity index (χ2v) is 5.04. The summed E-state index contributed by atoms with van der Waals surface area (Å²) in [5.74, 6) is 0.297. The van der Waals surface area contributed by atoms with Crippen molar-refractivity contribution < 1.29 is 12.6 Å². The summed E-state index contributed by atoms with van der Waals surface area (Å²) in [6.07, 6.45) is 2.43. The molecule has 0 aliphatic heterocycles. The van der Waals surface area contributed by atoms with Crippen molar-refractivity contribution in [2.75, 3.05) is 0 Å². The van der Waals surface area contributed by atoms with Gasteiger partial charge in [0.25, 0.3) is 0 Å². The Morgan fingerprint density at radius 2 is 1.94 bits per heavy atom. The summed E-state index contributed by atoms with van der Waals surface area (Å²) in [5.41, 5.74) is 0. The zero-order valence-corrected chi connectivity index (χ0v) is 10.2. The molecule has 3 nitrogen and oxygen atoms in total. The summed E-state index contributed by atoms with van der Waals surface area (Å²) in [6, 6.07) is 8.08. The van der Waals surface area contributed by atoms with E-state index < -0.39 is 10.1 Å². The summed E-state index contributed by atoms with van der Waals surface area (Å²) in [7, 11) is -3.69. The molecule has 0 heterocycles. The Labute approximate surface area is 96.9 Å². The van der Waals surface area contributed by atoms with E-state index in [1.807, 2.05) is 6.92 Å². The molecular formula is C12H16O3S. The average Bonchev–Trinajstić information content (AvgIpc) is 2.27. The van der Waals surface area contributed by atoms with E-state index >= 15 is 0 Å². The second-order valence-electron chi connectivity index (χ2n) is 3.49. The fourth-order valence-corrected chi connectivity index (χ4v) is 2.19. The maximum atomic E-state index is 11.7. The first-order valence-electron chi connectivity index (χ1n) is 5.23. The van der Waals surface area contributed by atoms with Gasteiger partial charge in [0, 0.05) is 6.42 Å². The number of allylic oxidation sites excluding steroid dienone is 1. The third-order valence-corrected chi connectivity index (χ3v) is 3.37. The summed E-state index contributed by atoms with van der Waals surface area (Å²) < 4.78 is 28.3. The smallest absolute Gasteiger partial charge is 0.338 e. The van der Waals surface area contributed by atoms with Crippen molar-refractivity contribution in [1.82, 2.24) is 0 Å². The van der Waals surface area contributed by atoms with E-state index in [1.54, 1.807) is 18.2 Å². The van der Waals surface area contributed by atoms with Gasteiger partial charge in [0.1, 0.15) is 10.7 Å². The Bertz CT molecular complexity index is 435. The molecule has 0 atom stereocenters. The number of hydrogen-bond donors (Lipinski definition) is 0. The lowest BCUT2D eigenvalue weighted by Gasteiger charge is -2.08. The molecule has 0 bridgehead atoms. The van der Waals surface area contributed by atoms with Crippen LogP contribution in [0.3, 0.4) is 0 Å². The van der Waals surface area contributed by atoms with E-state index in [0.29, 0.717) is 12.2 Å². The molecule has 0 aliphatic carbocycles. The van der Waals surface area contributed by atoms with Gasteiger partial charge in [0.15, 0.2) is 0 Å². The van der Waals surface area contributed by atoms with Crippen LogP contribution in [0.5, 0.6) is 0 Å². The molecule has 4 heteroatoms. The van der Waals surface area contributed by atoms with Gasteiger partial charge in [-0.1, -0.05) is 38.1 Å². The lowest BCUT2D eigenvalue weighted by atomic mass is 10.2. The molecule has 0 aliphatic rings. The molecule has 0 saturated carbocycles. The van der Waals surface area contributed by atoms with E-state index in [1.165, 1.54) is 12.1 Å². The molecule has 1 aromatic rings. The van der Waals surface area contributed by atoms with Gasteiger partial charge in [0.2, 0.25) is 0 Å². The second kappa shape index (κ2) is 5.70. The first-order chi connectivity index (χ1) is 7.56. The van der Waals surface area contributed by atoms with Crippen molar-refractivity contribution in [3.8, 4) is 0 Å². The van der Waals surface area contributed by atoms with Crippen LogP contribution < -0.4 is 0 Å². The van der Waals surface area contributed by atoms with Gasteiger partial charge in [-0.15, -0.1) is 0 Å². The van der Waals surface area contributed by atoms with Crippen LogP contribution in [0.15, 0.2) is 47.6 Å². The highest BCUT2D eigenvalue weighted by Crippen LogP contribution is 2.17. The zero-order valence-electron chi connectivity index (χ0n) is 9.35. The van der Waals surface area contributed by atoms with Crippen LogP contribution in [0.1, 0.15) is 26.2 Å². The molecule has 0 N–H and O–H groups in total. The van der Waals surface area contributed by atoms with E-state index in [0.717, 1.165) is 12.8 Å². The van der Waals surface area contributed by atoms with Gasteiger partial charge in [-0.3, -0.25) is 0 Å². The Morgan fingerprint density at radius 3 is 2.50 bits per heavy atom. The predicted molar refractivity (Wildman–Crippen MR) is 63.4 cm³/mol. The molecule has 0 saturated heterocycles. The lowest BCUT2D eigenvalue weighted by Crippen LogP contribution is -2.05. The molecule has 16 heavy (non-hydrogen) atoms. The van der Waals surface area contributed by atoms with E-state index in [-0.39, 0.29) is 4.90 Å². The van der Waals surface area contributed by atoms with Crippen molar-refractivity contribution in [2.45, 2.75) is 31.1 Å². The average molecular weight is 240 g/mol. The molecular weight excluding hydrogens is 224 g/mol. The molecule has 88 valence electrons. The third kappa shape index (κ3) is 3.70. The van der Waals surface area contributed by atoms with Crippen LogP contribution in [0.25, 0.3) is 0 Å². The van der Waals surface area contributed by atoms with Crippen molar-refractivity contribution in [3.05, 3.63) is 42.7 Å². The van der Waals surface area contributed by atoms with Crippen molar-refractivity contribution in [1.29, 1.82) is 0 Å². The zero-order chi connectivity index (χ0) is 12.0. The van der Waals surface area contributed by atoms with Crippen LogP contribution in [0.2, 0.25) is 0 Å². The van der Waals surface area contributed by atoms with Crippen LogP contribution >= 0.6 is 0 Å². The first-order valence-corrected chi connectivity index (χ1v) is 6.64. The minimum Gasteiger partial charge on any atom is -0.384 e. The van der Waals surface area contributed by atoms with Crippen LogP contribution in [-0.2, 0) is 14.3 Å². The predicted octanol–water partition coefficient (Wildman–Crippen LogP) is 3.10. The molecule has 1 rings (SSSR count). The van der Waals surface area contributed by atoms with Gasteiger partial charge in [-0.05, 0) is 18.6 Å². The minimum atomic E-state index is -3.69. The van der Waals surface area contributed by atoms with Gasteiger partial charge >= 0.3 is 10.1 Å². The highest BCUT2D eigenvalue weighted by molar-refractivity contribution is 7.86. The molecule has 1 aromatic carbocycles. The topological polar surface area (TPSA) is 43.4 Å². The molecule has 0 aromatic heterocycles. The van der Waals surface area contributed by atoms with E-state index in [9.17, 15) is 8.42 Å². The molecule has 0 amide bonds. The largest absolute Gasteiger partial charge is 0.384 e. The van der Waals surface area contributed by atoms with Gasteiger partial charge in [0.05, 0.1) is 0 Å². The number of hydrogen-bond acceptors (Lipinski definition) is 3. The SMILES string of the molecule is C=C(CCCC)OS(=O)(=O)c1ccccc1. The lowest BCUT2D eigenvalue weighted by molar-refractivity contribution is 0.389. The highest BCUT2D eigenvalue weighted by atomic mass is 32.2. The first kappa shape index (κ1) is 12.8. The maximum Gasteiger partial charge on any atom is 0.338 e. The Morgan fingerprint density at radius 1 is 1.31 bits per heavy atom. The van der Waals surface area contributed by atoms with Crippen LogP contribution in [0.4, 0.5) is 0 Å². The standard InChI is InChI=1S/C12H16O3S/c1-3-4-8-11(2)15-16(13,14)12-9-6-5-7-10-12/h5-7,9-10H,2-4,8H2,1H3. The molecule has 0 radical (unpaired) electrons. The normalized spacial score (nSPS) is 11.1. The van der Waals surface area contributed by atoms with Crippen molar-refractivity contribution in [3.63, 3.8) is 0 Å². The Kier molecular flexibility index (Phi) is 4.55. The van der Waals surface area contributed by atoms with Gasteiger partial charge < -0.3 is 4.18 Å². The summed E-state index contributed by atoms with van der Waals surface area (Å²) in [5, 5.41) is 0. The van der Waals surface area contributed by atoms with Crippen LogP contribution in [-0.4, -0.2) is 8.42 Å². The van der Waals surface area contributed by atoms with Crippen molar-refractivity contribution in [2.24, 2.45) is 0 Å². The fourth-order valence-electron chi connectivity index (χ4n) is 1.21. The number of unbranched alkanes of at least 4 members (excludes halogenated alkanes) is 1. The van der Waals surface area contributed by atoms with Crippen molar-refractivity contribution >= 4 is 10.1 Å². The molecule has 0 fully saturated rings. The van der Waals surface area contributed by atoms with Gasteiger partial charge in [-0.2, -0.15) is 8.42 Å². The summed E-state index contributed by atoms with van der Waals surface area (Å²) in [6.45, 7) is 5.63. The quantitative estimate of drug-likeness (QED) is 0.567. The van der Waals surface area contributed by atoms with E-state index in [2.05, 4.69) is 6.58 Å². The minimum absolute atomic E-state index is 0.160. The molecule has 0 unspecified atom stereocenters. The maximum absolute atomic E-state index is 11.7. The van der Waals surface area contributed by atoms with E-state index in [4.69, 9.17) is 4.18 Å². The van der Waals surface area contributed by atoms with Crippen LogP contribution in [0, 0.1) is 0 Å². The number of rotatable bonds is 6.